The number of carbonyl (C=O) groups excluding carboxylic acids is 1. The fourth-order valence-electron chi connectivity index (χ4n) is 4.22. The van der Waals surface area contributed by atoms with Crippen molar-refractivity contribution in [3.63, 3.8) is 0 Å². The summed E-state index contributed by atoms with van der Waals surface area (Å²) in [7, 11) is 0. The standard InChI is InChI=1S/C23H25FN6O/c1-16-21(17(2)30-23(27-16)18(14-25)15-26-30)8-9-22(31)29-11-3-10-28(12-13-29)20-6-4-19(24)5-7-20/h4-7,15H,3,8-13H2,1-2H3. The lowest BCUT2D eigenvalue weighted by Gasteiger charge is -2.24. The van der Waals surface area contributed by atoms with E-state index in [1.807, 2.05) is 18.7 Å². The van der Waals surface area contributed by atoms with Gasteiger partial charge in [0.1, 0.15) is 17.4 Å². The summed E-state index contributed by atoms with van der Waals surface area (Å²) in [6, 6.07) is 8.62. The van der Waals surface area contributed by atoms with E-state index in [4.69, 9.17) is 0 Å². The quantitative estimate of drug-likeness (QED) is 0.648. The first-order chi connectivity index (χ1) is 15.0. The molecule has 1 amide bonds. The van der Waals surface area contributed by atoms with Crippen molar-refractivity contribution in [1.29, 1.82) is 5.26 Å². The van der Waals surface area contributed by atoms with Crippen LogP contribution in [0, 0.1) is 31.0 Å². The monoisotopic (exact) mass is 420 g/mol. The molecule has 8 heteroatoms. The molecule has 3 heterocycles. The van der Waals surface area contributed by atoms with Crippen LogP contribution < -0.4 is 4.90 Å². The van der Waals surface area contributed by atoms with Crippen molar-refractivity contribution >= 4 is 17.2 Å². The third kappa shape index (κ3) is 4.22. The van der Waals surface area contributed by atoms with E-state index in [2.05, 4.69) is 21.1 Å². The van der Waals surface area contributed by atoms with Gasteiger partial charge in [0, 0.05) is 49.7 Å². The number of aromatic nitrogens is 3. The van der Waals surface area contributed by atoms with Crippen LogP contribution in [0.15, 0.2) is 30.5 Å². The Bertz CT molecular complexity index is 1150. The molecule has 1 aliphatic rings. The van der Waals surface area contributed by atoms with Crippen molar-refractivity contribution in [3.8, 4) is 6.07 Å². The second-order valence-corrected chi connectivity index (χ2v) is 7.86. The van der Waals surface area contributed by atoms with Gasteiger partial charge >= 0.3 is 0 Å². The van der Waals surface area contributed by atoms with Crippen LogP contribution in [0.5, 0.6) is 0 Å². The second kappa shape index (κ2) is 8.72. The molecule has 0 spiro atoms. The number of halogens is 1. The SMILES string of the molecule is Cc1nc2c(C#N)cnn2c(C)c1CCC(=O)N1CCCN(c2ccc(F)cc2)CC1. The number of aryl methyl sites for hydroxylation is 2. The zero-order valence-electron chi connectivity index (χ0n) is 17.8. The zero-order chi connectivity index (χ0) is 22.0. The van der Waals surface area contributed by atoms with Crippen LogP contribution in [-0.4, -0.2) is 51.6 Å². The summed E-state index contributed by atoms with van der Waals surface area (Å²) in [5, 5.41) is 13.5. The van der Waals surface area contributed by atoms with Crippen molar-refractivity contribution in [1.82, 2.24) is 19.5 Å². The highest BCUT2D eigenvalue weighted by atomic mass is 19.1. The third-order valence-corrected chi connectivity index (χ3v) is 5.96. The molecule has 0 aliphatic carbocycles. The summed E-state index contributed by atoms with van der Waals surface area (Å²) < 4.78 is 14.9. The molecule has 1 fully saturated rings. The van der Waals surface area contributed by atoms with Crippen LogP contribution in [0.1, 0.15) is 35.4 Å². The smallest absolute Gasteiger partial charge is 0.222 e. The molecule has 0 atom stereocenters. The zero-order valence-corrected chi connectivity index (χ0v) is 17.8. The number of rotatable bonds is 4. The van der Waals surface area contributed by atoms with Crippen LogP contribution in [0.4, 0.5) is 10.1 Å². The molecule has 2 aromatic heterocycles. The molecule has 1 saturated heterocycles. The lowest BCUT2D eigenvalue weighted by atomic mass is 10.1. The van der Waals surface area contributed by atoms with Crippen molar-refractivity contribution in [2.45, 2.75) is 33.1 Å². The highest BCUT2D eigenvalue weighted by Crippen LogP contribution is 2.20. The number of amides is 1. The molecule has 1 aromatic carbocycles. The van der Waals surface area contributed by atoms with Gasteiger partial charge in [-0.25, -0.2) is 13.9 Å². The van der Waals surface area contributed by atoms with E-state index in [-0.39, 0.29) is 11.7 Å². The van der Waals surface area contributed by atoms with Crippen LogP contribution >= 0.6 is 0 Å². The Morgan fingerprint density at radius 2 is 1.94 bits per heavy atom. The van der Waals surface area contributed by atoms with Gasteiger partial charge in [-0.3, -0.25) is 4.79 Å². The summed E-state index contributed by atoms with van der Waals surface area (Å²) in [5.41, 5.74) is 4.72. The third-order valence-electron chi connectivity index (χ3n) is 5.96. The van der Waals surface area contributed by atoms with Crippen LogP contribution in [0.3, 0.4) is 0 Å². The van der Waals surface area contributed by atoms with E-state index in [1.165, 1.54) is 18.3 Å². The van der Waals surface area contributed by atoms with Gasteiger partial charge in [0.15, 0.2) is 5.65 Å². The normalized spacial score (nSPS) is 14.5. The Balaban J connectivity index is 1.41. The summed E-state index contributed by atoms with van der Waals surface area (Å²) in [4.78, 5) is 21.6. The van der Waals surface area contributed by atoms with Gasteiger partial charge in [0.25, 0.3) is 0 Å². The van der Waals surface area contributed by atoms with Gasteiger partial charge in [-0.05, 0) is 56.5 Å². The predicted octanol–water partition coefficient (Wildman–Crippen LogP) is 3.03. The molecule has 3 aromatic rings. The van der Waals surface area contributed by atoms with E-state index >= 15 is 0 Å². The summed E-state index contributed by atoms with van der Waals surface area (Å²) in [6.45, 7) is 6.80. The second-order valence-electron chi connectivity index (χ2n) is 7.86. The molecular weight excluding hydrogens is 395 g/mol. The molecule has 0 saturated carbocycles. The highest BCUT2D eigenvalue weighted by molar-refractivity contribution is 5.76. The Labute approximate surface area is 180 Å². The van der Waals surface area contributed by atoms with E-state index in [9.17, 15) is 14.4 Å². The molecule has 0 bridgehead atoms. The number of fused-ring (bicyclic) bond motifs is 1. The average molecular weight is 420 g/mol. The molecule has 1 aliphatic heterocycles. The van der Waals surface area contributed by atoms with Crippen LogP contribution in [0.2, 0.25) is 0 Å². The largest absolute Gasteiger partial charge is 0.370 e. The van der Waals surface area contributed by atoms with Crippen molar-refractivity contribution in [3.05, 3.63) is 58.8 Å². The average Bonchev–Trinajstić information content (AvgIpc) is 3.01. The lowest BCUT2D eigenvalue weighted by Crippen LogP contribution is -2.35. The lowest BCUT2D eigenvalue weighted by molar-refractivity contribution is -0.130. The number of nitrogens with zero attached hydrogens (tertiary/aromatic N) is 6. The Hall–Kier alpha value is -3.47. The molecule has 31 heavy (non-hydrogen) atoms. The molecule has 0 radical (unpaired) electrons. The maximum atomic E-state index is 13.2. The highest BCUT2D eigenvalue weighted by Gasteiger charge is 2.21. The van der Waals surface area contributed by atoms with Gasteiger partial charge < -0.3 is 9.80 Å². The molecule has 160 valence electrons. The molecule has 7 nitrogen and oxygen atoms in total. The van der Waals surface area contributed by atoms with Gasteiger partial charge in [0.05, 0.1) is 6.20 Å². The Morgan fingerprint density at radius 3 is 2.68 bits per heavy atom. The van der Waals surface area contributed by atoms with Crippen LogP contribution in [-0.2, 0) is 11.2 Å². The first-order valence-corrected chi connectivity index (χ1v) is 10.5. The predicted molar refractivity (Wildman–Crippen MR) is 115 cm³/mol. The van der Waals surface area contributed by atoms with Crippen LogP contribution in [0.25, 0.3) is 5.65 Å². The fourth-order valence-corrected chi connectivity index (χ4v) is 4.22. The van der Waals surface area contributed by atoms with Crippen molar-refractivity contribution in [2.75, 3.05) is 31.1 Å². The number of benzene rings is 1. The molecular formula is C23H25FN6O. The Kier molecular flexibility index (Phi) is 5.85. The van der Waals surface area contributed by atoms with E-state index in [0.29, 0.717) is 30.6 Å². The summed E-state index contributed by atoms with van der Waals surface area (Å²) >= 11 is 0. The summed E-state index contributed by atoms with van der Waals surface area (Å²) in [6.07, 6.45) is 3.38. The minimum atomic E-state index is -0.243. The van der Waals surface area contributed by atoms with Gasteiger partial charge in [-0.2, -0.15) is 10.4 Å². The molecule has 4 rings (SSSR count). The number of hydrogen-bond acceptors (Lipinski definition) is 5. The molecule has 0 unspecified atom stereocenters. The Morgan fingerprint density at radius 1 is 1.16 bits per heavy atom. The number of carbonyl (C=O) groups is 1. The van der Waals surface area contributed by atoms with Gasteiger partial charge in [-0.1, -0.05) is 0 Å². The van der Waals surface area contributed by atoms with Gasteiger partial charge in [-0.15, -0.1) is 0 Å². The topological polar surface area (TPSA) is 77.5 Å². The fraction of sp³-hybridized carbons (Fsp3) is 0.391. The number of nitriles is 1. The molecule has 0 N–H and O–H groups in total. The maximum absolute atomic E-state index is 13.2. The van der Waals surface area contributed by atoms with E-state index < -0.39 is 0 Å². The van der Waals surface area contributed by atoms with E-state index in [0.717, 1.165) is 48.7 Å². The minimum absolute atomic E-state index is 0.123. The van der Waals surface area contributed by atoms with Gasteiger partial charge in [0.2, 0.25) is 5.91 Å². The minimum Gasteiger partial charge on any atom is -0.370 e. The van der Waals surface area contributed by atoms with E-state index in [1.54, 1.807) is 16.6 Å². The first-order valence-electron chi connectivity index (χ1n) is 10.5. The maximum Gasteiger partial charge on any atom is 0.222 e. The number of hydrogen-bond donors (Lipinski definition) is 0. The van der Waals surface area contributed by atoms with Crippen molar-refractivity contribution < 1.29 is 9.18 Å². The summed E-state index contributed by atoms with van der Waals surface area (Å²) in [5.74, 6) is -0.120. The first kappa shape index (κ1) is 20.8. The number of anilines is 1. The van der Waals surface area contributed by atoms with Crippen molar-refractivity contribution in [2.24, 2.45) is 0 Å².